The summed E-state index contributed by atoms with van der Waals surface area (Å²) in [7, 11) is 0. The maximum atomic E-state index is 11.7. The van der Waals surface area contributed by atoms with Crippen LogP contribution in [0.25, 0.3) is 0 Å². The van der Waals surface area contributed by atoms with Crippen molar-refractivity contribution in [2.75, 3.05) is 0 Å². The minimum absolute atomic E-state index is 0.00926. The minimum atomic E-state index is -0.871. The Kier molecular flexibility index (Phi) is 14.3. The van der Waals surface area contributed by atoms with Crippen molar-refractivity contribution >= 4 is 46.3 Å². The average molecular weight is 571 g/mol. The molecule has 0 amide bonds. The molecule has 8 heteroatoms. The summed E-state index contributed by atoms with van der Waals surface area (Å²) < 4.78 is 0. The third kappa shape index (κ3) is 10.6. The number of carbonyl (C=O) groups is 8. The lowest BCUT2D eigenvalue weighted by molar-refractivity contribution is -0.143. The second-order valence-corrected chi connectivity index (χ2v) is 11.8. The summed E-state index contributed by atoms with van der Waals surface area (Å²) in [5, 5.41) is 0. The van der Waals surface area contributed by atoms with Crippen molar-refractivity contribution in [2.24, 2.45) is 16.7 Å². The molecule has 3 saturated carbocycles. The van der Waals surface area contributed by atoms with Gasteiger partial charge in [-0.1, -0.05) is 12.2 Å². The largest absolute Gasteiger partial charge is 0.300 e. The van der Waals surface area contributed by atoms with Crippen LogP contribution < -0.4 is 0 Å². The number of fused-ring (bicyclic) bond motifs is 1. The van der Waals surface area contributed by atoms with Crippen LogP contribution in [-0.4, -0.2) is 46.3 Å². The quantitative estimate of drug-likeness (QED) is 0.323. The van der Waals surface area contributed by atoms with Crippen molar-refractivity contribution in [1.82, 2.24) is 0 Å². The normalized spacial score (nSPS) is 23.8. The molecule has 0 radical (unpaired) electrons. The van der Waals surface area contributed by atoms with E-state index in [0.29, 0.717) is 63.6 Å². The Hall–Kier alpha value is -3.16. The molecule has 0 aromatic carbocycles. The fraction of sp³-hybridized carbons (Fsp3) is 0.636. The van der Waals surface area contributed by atoms with Gasteiger partial charge in [-0.2, -0.15) is 0 Å². The standard InChI is InChI=1S/C11H16O3.C11H14O2.C7H10O2.C4H6O/c1-8(12)6-7-11(2)9(13)4-3-5-10(11)14;1-11-6-5-9(12)7-8(11)3-2-4-10(11)13;1-5-6(8)3-2-4-7(5)9;1-3-4(2)5/h3-7H2,1-2H3;7H,2-6H2,1H3;5H,2-4H2,1H3;3H,1H2,2H3/t;11-;;/m.1../s1. The molecule has 226 valence electrons. The first-order valence-corrected chi connectivity index (χ1v) is 14.6. The van der Waals surface area contributed by atoms with E-state index in [1.165, 1.54) is 19.9 Å². The number of hydrogen-bond acceptors (Lipinski definition) is 8. The number of allylic oxidation sites excluding steroid dienone is 3. The number of Topliss-reactive ketones (excluding diaryl/α,β-unsaturated/α-hetero) is 6. The molecule has 0 unspecified atom stereocenters. The topological polar surface area (TPSA) is 137 Å². The molecule has 0 saturated heterocycles. The van der Waals surface area contributed by atoms with E-state index in [0.717, 1.165) is 31.3 Å². The summed E-state index contributed by atoms with van der Waals surface area (Å²) in [4.78, 5) is 88.2. The Balaban J connectivity index is 0.000000289. The number of hydrogen-bond donors (Lipinski definition) is 0. The van der Waals surface area contributed by atoms with Crippen molar-refractivity contribution in [1.29, 1.82) is 0 Å². The van der Waals surface area contributed by atoms with E-state index in [1.54, 1.807) is 19.9 Å². The predicted molar refractivity (Wildman–Crippen MR) is 155 cm³/mol. The predicted octanol–water partition coefficient (Wildman–Crippen LogP) is 5.43. The molecule has 1 atom stereocenters. The van der Waals surface area contributed by atoms with Gasteiger partial charge in [-0.3, -0.25) is 33.6 Å². The van der Waals surface area contributed by atoms with Crippen LogP contribution in [0.15, 0.2) is 24.3 Å². The van der Waals surface area contributed by atoms with Crippen molar-refractivity contribution in [3.63, 3.8) is 0 Å². The lowest BCUT2D eigenvalue weighted by atomic mass is 9.65. The van der Waals surface area contributed by atoms with Crippen molar-refractivity contribution in [3.8, 4) is 0 Å². The highest BCUT2D eigenvalue weighted by atomic mass is 16.2. The monoisotopic (exact) mass is 570 g/mol. The Morgan fingerprint density at radius 2 is 1.27 bits per heavy atom. The Morgan fingerprint density at radius 1 is 0.805 bits per heavy atom. The second-order valence-electron chi connectivity index (χ2n) is 11.8. The van der Waals surface area contributed by atoms with Gasteiger partial charge in [0.2, 0.25) is 0 Å². The zero-order valence-corrected chi connectivity index (χ0v) is 25.4. The molecule has 0 bridgehead atoms. The van der Waals surface area contributed by atoms with E-state index in [-0.39, 0.29) is 51.8 Å². The molecular formula is C33H46O8. The summed E-state index contributed by atoms with van der Waals surface area (Å²) >= 11 is 0. The van der Waals surface area contributed by atoms with Gasteiger partial charge in [0.1, 0.15) is 34.7 Å². The Bertz CT molecular complexity index is 1080. The number of carbonyl (C=O) groups excluding carboxylic acids is 8. The molecule has 0 heterocycles. The SMILES string of the molecule is C=CC(C)=O.CC(=O)CCC1(C)C(=O)CCCC1=O.CC1C(=O)CCCC1=O.C[C@@]12CCC(=O)C=C1CCCC2=O. The first-order valence-electron chi connectivity index (χ1n) is 14.6. The van der Waals surface area contributed by atoms with Crippen molar-refractivity contribution in [3.05, 3.63) is 24.3 Å². The van der Waals surface area contributed by atoms with Gasteiger partial charge in [0.05, 0.1) is 11.3 Å². The van der Waals surface area contributed by atoms with E-state index in [1.807, 2.05) is 6.92 Å². The first-order chi connectivity index (χ1) is 19.1. The van der Waals surface area contributed by atoms with Gasteiger partial charge in [0.15, 0.2) is 11.6 Å². The highest BCUT2D eigenvalue weighted by molar-refractivity contribution is 6.08. The molecule has 4 rings (SSSR count). The van der Waals surface area contributed by atoms with Crippen molar-refractivity contribution in [2.45, 2.75) is 118 Å². The highest BCUT2D eigenvalue weighted by Crippen LogP contribution is 2.43. The van der Waals surface area contributed by atoms with Crippen LogP contribution in [-0.2, 0) is 38.4 Å². The third-order valence-corrected chi connectivity index (χ3v) is 8.50. The number of ketones is 8. The maximum Gasteiger partial charge on any atom is 0.155 e. The van der Waals surface area contributed by atoms with Crippen LogP contribution in [0.3, 0.4) is 0 Å². The second kappa shape index (κ2) is 16.3. The molecule has 0 aromatic heterocycles. The van der Waals surface area contributed by atoms with Gasteiger partial charge in [-0.25, -0.2) is 0 Å². The Labute approximate surface area is 243 Å². The van der Waals surface area contributed by atoms with Crippen LogP contribution in [0, 0.1) is 16.7 Å². The molecule has 4 aliphatic rings. The lowest BCUT2D eigenvalue weighted by Crippen LogP contribution is -2.40. The maximum absolute atomic E-state index is 11.7. The van der Waals surface area contributed by atoms with Crippen LogP contribution in [0.2, 0.25) is 0 Å². The molecule has 4 aliphatic carbocycles. The van der Waals surface area contributed by atoms with Gasteiger partial charge in [0, 0.05) is 50.4 Å². The summed E-state index contributed by atoms with van der Waals surface area (Å²) in [6, 6.07) is 0. The van der Waals surface area contributed by atoms with E-state index in [4.69, 9.17) is 0 Å². The van der Waals surface area contributed by atoms with Crippen LogP contribution in [0.1, 0.15) is 118 Å². The molecule has 8 nitrogen and oxygen atoms in total. The van der Waals surface area contributed by atoms with Gasteiger partial charge in [-0.05, 0) is 85.3 Å². The zero-order chi connectivity index (χ0) is 31.4. The van der Waals surface area contributed by atoms with Crippen LogP contribution in [0.5, 0.6) is 0 Å². The molecule has 41 heavy (non-hydrogen) atoms. The molecule has 0 aliphatic heterocycles. The van der Waals surface area contributed by atoms with Gasteiger partial charge in [0.25, 0.3) is 0 Å². The van der Waals surface area contributed by atoms with Crippen LogP contribution in [0.4, 0.5) is 0 Å². The van der Waals surface area contributed by atoms with Gasteiger partial charge >= 0.3 is 0 Å². The average Bonchev–Trinajstić information content (AvgIpc) is 2.92. The van der Waals surface area contributed by atoms with E-state index < -0.39 is 5.41 Å². The highest BCUT2D eigenvalue weighted by Gasteiger charge is 2.42. The van der Waals surface area contributed by atoms with E-state index in [9.17, 15) is 38.4 Å². The lowest BCUT2D eigenvalue weighted by Gasteiger charge is -2.37. The summed E-state index contributed by atoms with van der Waals surface area (Å²) in [5.74, 6) is 0.531. The summed E-state index contributed by atoms with van der Waals surface area (Å²) in [5.41, 5.74) is -0.0733. The van der Waals surface area contributed by atoms with Gasteiger partial charge < -0.3 is 4.79 Å². The summed E-state index contributed by atoms with van der Waals surface area (Å²) in [6.45, 7) is 11.5. The van der Waals surface area contributed by atoms with E-state index in [2.05, 4.69) is 6.58 Å². The molecule has 0 N–H and O–H groups in total. The molecule has 0 aromatic rings. The fourth-order valence-corrected chi connectivity index (χ4v) is 5.21. The number of rotatable bonds is 4. The van der Waals surface area contributed by atoms with E-state index >= 15 is 0 Å². The third-order valence-electron chi connectivity index (χ3n) is 8.50. The summed E-state index contributed by atoms with van der Waals surface area (Å²) in [6.07, 6.45) is 11.2. The fourth-order valence-electron chi connectivity index (χ4n) is 5.21. The minimum Gasteiger partial charge on any atom is -0.300 e. The molecule has 0 spiro atoms. The van der Waals surface area contributed by atoms with Gasteiger partial charge in [-0.15, -0.1) is 0 Å². The molecule has 3 fully saturated rings. The zero-order valence-electron chi connectivity index (χ0n) is 25.4. The van der Waals surface area contributed by atoms with Crippen LogP contribution >= 0.6 is 0 Å². The molecular weight excluding hydrogens is 524 g/mol. The first kappa shape index (κ1) is 35.9. The Morgan fingerprint density at radius 3 is 1.73 bits per heavy atom. The smallest absolute Gasteiger partial charge is 0.155 e. The van der Waals surface area contributed by atoms with Crippen molar-refractivity contribution < 1.29 is 38.4 Å².